The van der Waals surface area contributed by atoms with E-state index < -0.39 is 24.4 Å². The molecule has 0 saturated carbocycles. The highest BCUT2D eigenvalue weighted by Crippen LogP contribution is 2.42. The first-order chi connectivity index (χ1) is 9.99. The van der Waals surface area contributed by atoms with Crippen LogP contribution in [0.4, 0.5) is 0 Å². The van der Waals surface area contributed by atoms with Crippen molar-refractivity contribution >= 4 is 24.9 Å². The highest BCUT2D eigenvalue weighted by Gasteiger charge is 2.68. The number of hydrogen-bond acceptors (Lipinski definition) is 5. The zero-order valence-electron chi connectivity index (χ0n) is 11.7. The van der Waals surface area contributed by atoms with E-state index in [2.05, 4.69) is 0 Å². The van der Waals surface area contributed by atoms with Gasteiger partial charge in [0.25, 0.3) is 0 Å². The molecular weight excluding hydrogens is 273 g/mol. The average Bonchev–Trinajstić information content (AvgIpc) is 2.81. The molecule has 7 heteroatoms. The predicted molar refractivity (Wildman–Crippen MR) is 73.8 cm³/mol. The first kappa shape index (κ1) is 13.8. The van der Waals surface area contributed by atoms with E-state index in [1.807, 2.05) is 30.3 Å². The molecule has 1 unspecified atom stereocenters. The fourth-order valence-corrected chi connectivity index (χ4v) is 3.45. The van der Waals surface area contributed by atoms with Crippen molar-refractivity contribution in [2.75, 3.05) is 20.1 Å². The molecule has 2 aliphatic rings. The second kappa shape index (κ2) is 4.70. The summed E-state index contributed by atoms with van der Waals surface area (Å²) in [6.45, 7) is -2.20. The second-order valence-corrected chi connectivity index (χ2v) is 5.99. The maximum Gasteiger partial charge on any atom is 0.594 e. The van der Waals surface area contributed by atoms with Crippen LogP contribution in [-0.2, 0) is 30.1 Å². The molecule has 0 aliphatic carbocycles. The molecule has 0 N–H and O–H groups in total. The van der Waals surface area contributed by atoms with E-state index in [1.54, 1.807) is 7.05 Å². The zero-order chi connectivity index (χ0) is 15.1. The minimum absolute atomic E-state index is 0.0356. The van der Waals surface area contributed by atoms with Crippen molar-refractivity contribution in [2.24, 2.45) is 0 Å². The van der Waals surface area contributed by atoms with Crippen molar-refractivity contribution in [2.45, 2.75) is 12.2 Å². The van der Waals surface area contributed by atoms with Crippen LogP contribution in [0.25, 0.3) is 0 Å². The maximum absolute atomic E-state index is 11.7. The molecule has 6 nitrogen and oxygen atoms in total. The van der Waals surface area contributed by atoms with E-state index in [0.717, 1.165) is 11.8 Å². The van der Waals surface area contributed by atoms with Crippen molar-refractivity contribution in [3.05, 3.63) is 35.9 Å². The number of quaternary nitrogens is 1. The lowest BCUT2D eigenvalue weighted by Crippen LogP contribution is -2.63. The fraction of sp³-hybridized carbons (Fsp3) is 0.357. The molecule has 21 heavy (non-hydrogen) atoms. The van der Waals surface area contributed by atoms with E-state index in [4.69, 9.17) is 9.31 Å². The Hall–Kier alpha value is -2.15. The molecule has 0 bridgehead atoms. The summed E-state index contributed by atoms with van der Waals surface area (Å²) >= 11 is 0. The van der Waals surface area contributed by atoms with Crippen LogP contribution < -0.4 is 0 Å². The summed E-state index contributed by atoms with van der Waals surface area (Å²) < 4.78 is 10.8. The van der Waals surface area contributed by atoms with Gasteiger partial charge in [-0.2, -0.15) is 0 Å². The number of rotatable bonds is 4. The van der Waals surface area contributed by atoms with Crippen LogP contribution in [0.2, 0.25) is 5.82 Å². The monoisotopic (exact) mass is 289 g/mol. The molecule has 0 radical (unpaired) electrons. The lowest BCUT2D eigenvalue weighted by molar-refractivity contribution is -0.794. The molecule has 110 valence electrons. The molecule has 1 atom stereocenters. The summed E-state index contributed by atoms with van der Waals surface area (Å²) in [5.74, 6) is -1.52. The van der Waals surface area contributed by atoms with E-state index in [1.165, 1.54) is 0 Å². The Morgan fingerprint density at radius 3 is 2.29 bits per heavy atom. The molecule has 2 aliphatic heterocycles. The molecule has 1 aromatic rings. The summed E-state index contributed by atoms with van der Waals surface area (Å²) in [5, 5.41) is 0. The Kier molecular flexibility index (Phi) is 3.09. The molecule has 3 rings (SSSR count). The first-order valence-corrected chi connectivity index (χ1v) is 6.91. The van der Waals surface area contributed by atoms with Crippen LogP contribution in [0.3, 0.4) is 0 Å². The number of carbonyl (C=O) groups is 3. The number of benzene rings is 1. The Balaban J connectivity index is 1.96. The Morgan fingerprint density at radius 2 is 1.76 bits per heavy atom. The van der Waals surface area contributed by atoms with E-state index in [9.17, 15) is 14.4 Å². The topological polar surface area (TPSA) is 69.7 Å². The van der Waals surface area contributed by atoms with Crippen molar-refractivity contribution in [1.82, 2.24) is 0 Å². The standard InChI is InChI=1S/C14H16BNO5/c1-16-8-13(18)20-15(16,21-14(19)9-16)12(10-17)7-11-5-3-2-4-6-11/h2-6,10,12H,7-9H2,1H3. The zero-order valence-corrected chi connectivity index (χ0v) is 11.7. The van der Waals surface area contributed by atoms with E-state index in [-0.39, 0.29) is 17.5 Å². The molecule has 2 saturated heterocycles. The summed E-state index contributed by atoms with van der Waals surface area (Å²) in [4.78, 5) is 35.0. The van der Waals surface area contributed by atoms with Gasteiger partial charge < -0.3 is 18.5 Å². The van der Waals surface area contributed by atoms with Crippen molar-refractivity contribution in [3.63, 3.8) is 0 Å². The van der Waals surface area contributed by atoms with Crippen LogP contribution in [0.1, 0.15) is 5.56 Å². The normalized spacial score (nSPS) is 32.2. The smallest absolute Gasteiger partial charge is 0.594 e. The van der Waals surface area contributed by atoms with E-state index >= 15 is 0 Å². The van der Waals surface area contributed by atoms with Crippen molar-refractivity contribution in [3.8, 4) is 0 Å². The van der Waals surface area contributed by atoms with Crippen molar-refractivity contribution in [1.29, 1.82) is 0 Å². The molecular formula is C14H16BNO5. The lowest BCUT2D eigenvalue weighted by atomic mass is 9.54. The van der Waals surface area contributed by atoms with Gasteiger partial charge in [-0.1, -0.05) is 30.3 Å². The molecule has 1 aromatic carbocycles. The van der Waals surface area contributed by atoms with Crippen LogP contribution >= 0.6 is 0 Å². The van der Waals surface area contributed by atoms with Gasteiger partial charge >= 0.3 is 18.6 Å². The van der Waals surface area contributed by atoms with Crippen LogP contribution in [0.15, 0.2) is 30.3 Å². The van der Waals surface area contributed by atoms with Gasteiger partial charge in [-0.25, -0.2) is 0 Å². The highest BCUT2D eigenvalue weighted by atomic mass is 16.7. The summed E-state index contributed by atoms with van der Waals surface area (Å²) in [7, 11) is 1.73. The minimum Gasteiger partial charge on any atom is -0.600 e. The van der Waals surface area contributed by atoms with E-state index in [0.29, 0.717) is 6.42 Å². The molecule has 0 amide bonds. The number of fused-ring (bicyclic) bond motifs is 1. The summed E-state index contributed by atoms with van der Waals surface area (Å²) in [6, 6.07) is 9.41. The number of hydrogen-bond donors (Lipinski definition) is 0. The Bertz CT molecular complexity index is 583. The third kappa shape index (κ3) is 2.04. The van der Waals surface area contributed by atoms with Crippen LogP contribution in [-0.4, -0.2) is 49.4 Å². The SMILES string of the molecule is C[N+]12CC(=O)O[B-]1(C(C=O)Cc1ccccc1)OC(=O)C2. The first-order valence-electron chi connectivity index (χ1n) is 6.91. The average molecular weight is 289 g/mol. The summed E-state index contributed by atoms with van der Waals surface area (Å²) in [6.07, 6.45) is 1.11. The molecule has 2 heterocycles. The van der Waals surface area contributed by atoms with Gasteiger partial charge in [0.05, 0.1) is 0 Å². The fourth-order valence-electron chi connectivity index (χ4n) is 3.45. The van der Waals surface area contributed by atoms with Crippen molar-refractivity contribution < 1.29 is 28.1 Å². The summed E-state index contributed by atoms with van der Waals surface area (Å²) in [5.41, 5.74) is 0.934. The molecule has 2 fully saturated rings. The van der Waals surface area contributed by atoms with Gasteiger partial charge in [-0.3, -0.25) is 9.59 Å². The van der Waals surface area contributed by atoms with Gasteiger partial charge in [0.2, 0.25) is 0 Å². The third-order valence-corrected chi connectivity index (χ3v) is 4.48. The lowest BCUT2D eigenvalue weighted by Gasteiger charge is -2.42. The molecule has 0 spiro atoms. The van der Waals surface area contributed by atoms with Crippen LogP contribution in [0, 0.1) is 0 Å². The quantitative estimate of drug-likeness (QED) is 0.589. The predicted octanol–water partition coefficient (Wildman–Crippen LogP) is 0.297. The second-order valence-electron chi connectivity index (χ2n) is 5.99. The van der Waals surface area contributed by atoms with Gasteiger partial charge in [0.1, 0.15) is 19.4 Å². The number of likely N-dealkylation sites (N-methyl/N-ethyl adjacent to an activating group) is 1. The third-order valence-electron chi connectivity index (χ3n) is 4.48. The molecule has 0 aromatic heterocycles. The van der Waals surface area contributed by atoms with Gasteiger partial charge in [0, 0.05) is 12.9 Å². The van der Waals surface area contributed by atoms with Gasteiger partial charge in [-0.05, 0) is 12.0 Å². The van der Waals surface area contributed by atoms with Gasteiger partial charge in [-0.15, -0.1) is 0 Å². The minimum atomic E-state index is -2.32. The van der Waals surface area contributed by atoms with Crippen LogP contribution in [0.5, 0.6) is 0 Å². The largest absolute Gasteiger partial charge is 0.600 e. The van der Waals surface area contributed by atoms with Gasteiger partial charge in [0.15, 0.2) is 0 Å². The number of carbonyl (C=O) groups excluding carboxylic acids is 3. The Morgan fingerprint density at radius 1 is 1.19 bits per heavy atom. The Labute approximate surface area is 122 Å². The highest BCUT2D eigenvalue weighted by molar-refractivity contribution is 6.70. The number of nitrogens with zero attached hydrogens (tertiary/aromatic N) is 1. The maximum atomic E-state index is 11.7. The number of aldehydes is 1.